The molecule has 1 saturated carbocycles. The molecular weight excluding hydrogens is 614 g/mol. The molecule has 1 aliphatic carbocycles. The number of nitrogens with one attached hydrogen (secondary N) is 1. The van der Waals surface area contributed by atoms with E-state index in [2.05, 4.69) is 57.4 Å². The molecule has 0 aromatic heterocycles. The summed E-state index contributed by atoms with van der Waals surface area (Å²) in [5.74, 6) is 0.0330. The third-order valence-electron chi connectivity index (χ3n) is 5.90. The van der Waals surface area contributed by atoms with E-state index in [1.807, 2.05) is 48.5 Å². The molecule has 2 aromatic rings. The third-order valence-corrected chi connectivity index (χ3v) is 7.56. The Morgan fingerprint density at radius 3 is 2.35 bits per heavy atom. The first kappa shape index (κ1) is 24.5. The van der Waals surface area contributed by atoms with Crippen molar-refractivity contribution < 1.29 is 9.59 Å². The first-order chi connectivity index (χ1) is 15.0. The van der Waals surface area contributed by atoms with Gasteiger partial charge in [0.05, 0.1) is 5.56 Å². The highest BCUT2D eigenvalue weighted by atomic mass is 127. The lowest BCUT2D eigenvalue weighted by atomic mass is 9.82. The first-order valence-electron chi connectivity index (χ1n) is 11.1. The summed E-state index contributed by atoms with van der Waals surface area (Å²) < 4.78 is 2.00. The summed E-state index contributed by atoms with van der Waals surface area (Å²) >= 11 is 4.47. The molecule has 0 saturated heterocycles. The van der Waals surface area contributed by atoms with Crippen LogP contribution in [0.2, 0.25) is 0 Å². The van der Waals surface area contributed by atoms with E-state index in [0.29, 0.717) is 12.1 Å². The fourth-order valence-corrected chi connectivity index (χ4v) is 5.23. The molecule has 0 bridgehead atoms. The third kappa shape index (κ3) is 6.43. The van der Waals surface area contributed by atoms with Crippen molar-refractivity contribution in [3.63, 3.8) is 0 Å². The van der Waals surface area contributed by atoms with E-state index in [1.54, 1.807) is 4.90 Å². The Bertz CT molecular complexity index is 879. The fourth-order valence-electron chi connectivity index (χ4n) is 4.26. The van der Waals surface area contributed by atoms with Crippen molar-refractivity contribution in [3.05, 3.63) is 61.2 Å². The molecule has 1 atom stereocenters. The van der Waals surface area contributed by atoms with Crippen LogP contribution in [0, 0.1) is 13.1 Å². The summed E-state index contributed by atoms with van der Waals surface area (Å²) in [7, 11) is 0. The maximum atomic E-state index is 13.9. The summed E-state index contributed by atoms with van der Waals surface area (Å²) in [6, 6.07) is 15.0. The lowest BCUT2D eigenvalue weighted by molar-refractivity contribution is -0.123. The molecule has 6 heteroatoms. The zero-order valence-electron chi connectivity index (χ0n) is 17.9. The number of hydrogen-bond acceptors (Lipinski definition) is 2. The predicted octanol–water partition coefficient (Wildman–Crippen LogP) is 6.41. The molecule has 0 radical (unpaired) electrons. The first-order valence-corrected chi connectivity index (χ1v) is 13.3. The Balaban J connectivity index is 2.05. The monoisotopic (exact) mass is 644 g/mol. The number of benzene rings is 2. The lowest BCUT2D eigenvalue weighted by Crippen LogP contribution is -2.54. The van der Waals surface area contributed by atoms with Gasteiger partial charge in [-0.25, -0.2) is 0 Å². The molecule has 0 heterocycles. The van der Waals surface area contributed by atoms with Crippen molar-refractivity contribution in [2.75, 3.05) is 11.4 Å². The maximum Gasteiger partial charge on any atom is 0.260 e. The molecule has 1 fully saturated rings. The van der Waals surface area contributed by atoms with Gasteiger partial charge in [-0.05, 0) is 107 Å². The summed E-state index contributed by atoms with van der Waals surface area (Å²) in [4.78, 5) is 29.2. The Morgan fingerprint density at radius 2 is 1.71 bits per heavy atom. The maximum absolute atomic E-state index is 13.9. The van der Waals surface area contributed by atoms with Crippen molar-refractivity contribution in [1.82, 2.24) is 5.32 Å². The van der Waals surface area contributed by atoms with E-state index in [0.717, 1.165) is 51.4 Å². The highest BCUT2D eigenvalue weighted by Crippen LogP contribution is 2.33. The van der Waals surface area contributed by atoms with Gasteiger partial charge >= 0.3 is 0 Å². The number of unbranched alkanes of at least 4 members (excludes halogenated alkanes) is 1. The van der Waals surface area contributed by atoms with Gasteiger partial charge in [0.1, 0.15) is 6.04 Å². The van der Waals surface area contributed by atoms with Crippen molar-refractivity contribution in [2.24, 2.45) is 5.92 Å². The molecule has 0 spiro atoms. The molecule has 2 aromatic carbocycles. The topological polar surface area (TPSA) is 49.4 Å². The minimum Gasteiger partial charge on any atom is -0.354 e. The Morgan fingerprint density at radius 1 is 1.03 bits per heavy atom. The van der Waals surface area contributed by atoms with Gasteiger partial charge in [-0.15, -0.1) is 0 Å². The average Bonchev–Trinajstić information content (AvgIpc) is 2.79. The molecule has 1 aliphatic rings. The highest BCUT2D eigenvalue weighted by molar-refractivity contribution is 14.1. The van der Waals surface area contributed by atoms with Crippen molar-refractivity contribution in [3.8, 4) is 0 Å². The zero-order valence-corrected chi connectivity index (χ0v) is 22.3. The van der Waals surface area contributed by atoms with Crippen LogP contribution in [0.5, 0.6) is 0 Å². The Labute approximate surface area is 212 Å². The van der Waals surface area contributed by atoms with Crippen LogP contribution in [0.4, 0.5) is 5.69 Å². The molecule has 1 N–H and O–H groups in total. The van der Waals surface area contributed by atoms with Crippen LogP contribution in [0.3, 0.4) is 0 Å². The van der Waals surface area contributed by atoms with E-state index >= 15 is 0 Å². The van der Waals surface area contributed by atoms with Crippen molar-refractivity contribution in [1.29, 1.82) is 0 Å². The molecule has 4 nitrogen and oxygen atoms in total. The standard InChI is InChI=1S/C25H30I2N2O2/c1-2-3-17-28-24(30)23(18-9-5-4-6-10-18)29(20-15-13-19(26)14-16-20)25(31)21-11-7-8-12-22(21)27/h7-8,11-16,18,23H,2-6,9-10,17H2,1H3,(H,28,30). The molecule has 1 unspecified atom stereocenters. The van der Waals surface area contributed by atoms with Gasteiger partial charge < -0.3 is 5.32 Å². The number of carbonyl (C=O) groups excluding carboxylic acids is 2. The number of hydrogen-bond donors (Lipinski definition) is 1. The summed E-state index contributed by atoms with van der Waals surface area (Å²) in [5, 5.41) is 3.13. The van der Waals surface area contributed by atoms with Crippen LogP contribution in [0.25, 0.3) is 0 Å². The second-order valence-corrected chi connectivity index (χ2v) is 10.5. The number of anilines is 1. The Kier molecular flexibility index (Phi) is 9.62. The smallest absolute Gasteiger partial charge is 0.260 e. The predicted molar refractivity (Wildman–Crippen MR) is 143 cm³/mol. The largest absolute Gasteiger partial charge is 0.354 e. The minimum absolute atomic E-state index is 0.0295. The van der Waals surface area contributed by atoms with Crippen molar-refractivity contribution >= 4 is 62.7 Å². The quantitative estimate of drug-likeness (QED) is 0.267. The van der Waals surface area contributed by atoms with Gasteiger partial charge in [-0.1, -0.05) is 44.7 Å². The van der Waals surface area contributed by atoms with Crippen molar-refractivity contribution in [2.45, 2.75) is 57.9 Å². The van der Waals surface area contributed by atoms with Gasteiger partial charge in [0, 0.05) is 19.4 Å². The lowest BCUT2D eigenvalue weighted by Gasteiger charge is -2.38. The molecular formula is C25H30I2N2O2. The van der Waals surface area contributed by atoms with Gasteiger partial charge in [-0.3, -0.25) is 14.5 Å². The molecule has 0 aliphatic heterocycles. The second kappa shape index (κ2) is 12.2. The van der Waals surface area contributed by atoms with Gasteiger partial charge in [0.25, 0.3) is 5.91 Å². The van der Waals surface area contributed by atoms with E-state index in [9.17, 15) is 9.59 Å². The summed E-state index contributed by atoms with van der Waals surface area (Å²) in [6.45, 7) is 2.76. The van der Waals surface area contributed by atoms with Crippen LogP contribution >= 0.6 is 45.2 Å². The molecule has 31 heavy (non-hydrogen) atoms. The van der Waals surface area contributed by atoms with Crippen LogP contribution < -0.4 is 10.2 Å². The normalized spacial score (nSPS) is 15.3. The molecule has 3 rings (SSSR count). The molecule has 2 amide bonds. The fraction of sp³-hybridized carbons (Fsp3) is 0.440. The van der Waals surface area contributed by atoms with Gasteiger partial charge in [-0.2, -0.15) is 0 Å². The van der Waals surface area contributed by atoms with Crippen LogP contribution in [-0.2, 0) is 4.79 Å². The van der Waals surface area contributed by atoms with Crippen LogP contribution in [0.15, 0.2) is 48.5 Å². The average molecular weight is 644 g/mol. The second-order valence-electron chi connectivity index (χ2n) is 8.12. The number of rotatable bonds is 8. The number of halogens is 2. The zero-order chi connectivity index (χ0) is 22.2. The van der Waals surface area contributed by atoms with E-state index in [4.69, 9.17) is 0 Å². The SMILES string of the molecule is CCCCNC(=O)C(C1CCCCC1)N(C(=O)c1ccccc1I)c1ccc(I)cc1. The van der Waals surface area contributed by atoms with Crippen LogP contribution in [0.1, 0.15) is 62.2 Å². The Hall–Kier alpha value is -1.16. The number of nitrogens with zero attached hydrogens (tertiary/aromatic N) is 1. The highest BCUT2D eigenvalue weighted by Gasteiger charge is 2.38. The van der Waals surface area contributed by atoms with Gasteiger partial charge in [0.15, 0.2) is 0 Å². The number of carbonyl (C=O) groups is 2. The van der Waals surface area contributed by atoms with E-state index in [1.165, 1.54) is 6.42 Å². The van der Waals surface area contributed by atoms with E-state index < -0.39 is 6.04 Å². The van der Waals surface area contributed by atoms with Gasteiger partial charge in [0.2, 0.25) is 5.91 Å². The summed E-state index contributed by atoms with van der Waals surface area (Å²) in [6.07, 6.45) is 7.35. The molecule has 166 valence electrons. The number of amides is 2. The minimum atomic E-state index is -0.499. The summed E-state index contributed by atoms with van der Waals surface area (Å²) in [5.41, 5.74) is 1.43. The van der Waals surface area contributed by atoms with E-state index in [-0.39, 0.29) is 17.7 Å². The van der Waals surface area contributed by atoms with Crippen LogP contribution in [-0.4, -0.2) is 24.4 Å².